The first-order valence-electron chi connectivity index (χ1n) is 5.47. The summed E-state index contributed by atoms with van der Waals surface area (Å²) in [6.07, 6.45) is 0. The predicted molar refractivity (Wildman–Crippen MR) is 69.7 cm³/mol. The number of benzene rings is 1. The van der Waals surface area contributed by atoms with Gasteiger partial charge in [0.25, 0.3) is 0 Å². The summed E-state index contributed by atoms with van der Waals surface area (Å²) in [7, 11) is 1.82. The van der Waals surface area contributed by atoms with Crippen LogP contribution in [0.25, 0.3) is 0 Å². The molecule has 0 aliphatic heterocycles. The van der Waals surface area contributed by atoms with E-state index in [1.807, 2.05) is 7.05 Å². The standard InChI is InChI=1S/C13H18N2S/c1-10(2)11-4-6-13(7-5-11)16-9-12(8-14)15-3/h4-7,10,12,15H,9H2,1-3H3. The first-order chi connectivity index (χ1) is 7.67. The third-order valence-electron chi connectivity index (χ3n) is 2.47. The van der Waals surface area contributed by atoms with Crippen LogP contribution in [0.4, 0.5) is 0 Å². The van der Waals surface area contributed by atoms with Crippen molar-refractivity contribution < 1.29 is 0 Å². The number of nitrogens with zero attached hydrogens (tertiary/aromatic N) is 1. The Morgan fingerprint density at radius 2 is 1.94 bits per heavy atom. The maximum Gasteiger partial charge on any atom is 0.104 e. The van der Waals surface area contributed by atoms with Crippen molar-refractivity contribution in [2.75, 3.05) is 12.8 Å². The molecule has 0 saturated carbocycles. The number of rotatable bonds is 5. The van der Waals surface area contributed by atoms with Crippen LogP contribution in [0.15, 0.2) is 29.2 Å². The molecule has 0 fully saturated rings. The minimum atomic E-state index is -0.0743. The lowest BCUT2D eigenvalue weighted by Gasteiger charge is -2.08. The van der Waals surface area contributed by atoms with E-state index in [0.29, 0.717) is 5.92 Å². The number of nitriles is 1. The van der Waals surface area contributed by atoms with Gasteiger partial charge < -0.3 is 5.32 Å². The van der Waals surface area contributed by atoms with Crippen LogP contribution in [0.2, 0.25) is 0 Å². The molecule has 86 valence electrons. The van der Waals surface area contributed by atoms with E-state index in [1.165, 1.54) is 10.5 Å². The van der Waals surface area contributed by atoms with Gasteiger partial charge in [0, 0.05) is 10.6 Å². The van der Waals surface area contributed by atoms with Gasteiger partial charge in [0.15, 0.2) is 0 Å². The number of thioether (sulfide) groups is 1. The highest BCUT2D eigenvalue weighted by Gasteiger charge is 2.05. The number of hydrogen-bond donors (Lipinski definition) is 1. The lowest BCUT2D eigenvalue weighted by atomic mass is 10.0. The molecular weight excluding hydrogens is 216 g/mol. The first kappa shape index (κ1) is 13.1. The highest BCUT2D eigenvalue weighted by molar-refractivity contribution is 7.99. The van der Waals surface area contributed by atoms with Crippen molar-refractivity contribution in [2.24, 2.45) is 0 Å². The molecule has 1 aromatic rings. The monoisotopic (exact) mass is 234 g/mol. The second kappa shape index (κ2) is 6.57. The van der Waals surface area contributed by atoms with Gasteiger partial charge in [-0.15, -0.1) is 11.8 Å². The average Bonchev–Trinajstić information content (AvgIpc) is 2.31. The number of hydrogen-bond acceptors (Lipinski definition) is 3. The van der Waals surface area contributed by atoms with E-state index < -0.39 is 0 Å². The fourth-order valence-electron chi connectivity index (χ4n) is 1.31. The van der Waals surface area contributed by atoms with E-state index in [0.717, 1.165) is 5.75 Å². The van der Waals surface area contributed by atoms with Crippen molar-refractivity contribution in [3.8, 4) is 6.07 Å². The normalized spacial score (nSPS) is 12.4. The Hall–Kier alpha value is -0.980. The highest BCUT2D eigenvalue weighted by Crippen LogP contribution is 2.22. The molecule has 0 amide bonds. The Bertz CT molecular complexity index is 351. The van der Waals surface area contributed by atoms with E-state index in [9.17, 15) is 0 Å². The molecule has 16 heavy (non-hydrogen) atoms. The summed E-state index contributed by atoms with van der Waals surface area (Å²) in [5.41, 5.74) is 1.36. The van der Waals surface area contributed by atoms with Crippen molar-refractivity contribution in [3.63, 3.8) is 0 Å². The second-order valence-corrected chi connectivity index (χ2v) is 5.10. The summed E-state index contributed by atoms with van der Waals surface area (Å²) < 4.78 is 0. The van der Waals surface area contributed by atoms with Crippen LogP contribution in [0, 0.1) is 11.3 Å². The quantitative estimate of drug-likeness (QED) is 0.796. The first-order valence-corrected chi connectivity index (χ1v) is 6.45. The molecule has 0 saturated heterocycles. The molecule has 0 radical (unpaired) electrons. The Labute approximate surface area is 102 Å². The highest BCUT2D eigenvalue weighted by atomic mass is 32.2. The van der Waals surface area contributed by atoms with E-state index in [1.54, 1.807) is 11.8 Å². The third kappa shape index (κ3) is 3.88. The van der Waals surface area contributed by atoms with E-state index in [-0.39, 0.29) is 6.04 Å². The van der Waals surface area contributed by atoms with Crippen LogP contribution in [0.1, 0.15) is 25.3 Å². The van der Waals surface area contributed by atoms with E-state index in [2.05, 4.69) is 49.5 Å². The summed E-state index contributed by atoms with van der Waals surface area (Å²) >= 11 is 1.71. The van der Waals surface area contributed by atoms with Crippen LogP contribution in [-0.4, -0.2) is 18.8 Å². The molecule has 1 rings (SSSR count). The van der Waals surface area contributed by atoms with Crippen molar-refractivity contribution in [2.45, 2.75) is 30.7 Å². The SMILES string of the molecule is CNC(C#N)CSc1ccc(C(C)C)cc1. The van der Waals surface area contributed by atoms with Gasteiger partial charge in [-0.05, 0) is 30.7 Å². The summed E-state index contributed by atoms with van der Waals surface area (Å²) in [6, 6.07) is 10.7. The van der Waals surface area contributed by atoms with Crippen LogP contribution in [0.3, 0.4) is 0 Å². The predicted octanol–water partition coefficient (Wildman–Crippen LogP) is 3.01. The molecule has 1 atom stereocenters. The van der Waals surface area contributed by atoms with Crippen molar-refractivity contribution >= 4 is 11.8 Å². The molecule has 2 nitrogen and oxygen atoms in total. The fraction of sp³-hybridized carbons (Fsp3) is 0.462. The lowest BCUT2D eigenvalue weighted by Crippen LogP contribution is -2.25. The molecule has 0 spiro atoms. The fourth-order valence-corrected chi connectivity index (χ4v) is 2.24. The average molecular weight is 234 g/mol. The van der Waals surface area contributed by atoms with Gasteiger partial charge in [-0.2, -0.15) is 5.26 Å². The van der Waals surface area contributed by atoms with Gasteiger partial charge in [0.2, 0.25) is 0 Å². The Balaban J connectivity index is 2.53. The van der Waals surface area contributed by atoms with E-state index in [4.69, 9.17) is 5.26 Å². The largest absolute Gasteiger partial charge is 0.304 e. The van der Waals surface area contributed by atoms with Gasteiger partial charge in [-0.3, -0.25) is 0 Å². The van der Waals surface area contributed by atoms with E-state index >= 15 is 0 Å². The van der Waals surface area contributed by atoms with Gasteiger partial charge in [-0.1, -0.05) is 26.0 Å². The Morgan fingerprint density at radius 1 is 1.31 bits per heavy atom. The molecule has 1 N–H and O–H groups in total. The van der Waals surface area contributed by atoms with Crippen LogP contribution >= 0.6 is 11.8 Å². The molecule has 0 bridgehead atoms. The summed E-state index contributed by atoms with van der Waals surface area (Å²) in [6.45, 7) is 4.38. The molecule has 3 heteroatoms. The molecule has 1 aromatic carbocycles. The smallest absolute Gasteiger partial charge is 0.104 e. The van der Waals surface area contributed by atoms with Crippen LogP contribution in [0.5, 0.6) is 0 Å². The summed E-state index contributed by atoms with van der Waals surface area (Å²) in [4.78, 5) is 1.22. The molecule has 0 aromatic heterocycles. The van der Waals surface area contributed by atoms with Crippen LogP contribution in [-0.2, 0) is 0 Å². The topological polar surface area (TPSA) is 35.8 Å². The van der Waals surface area contributed by atoms with Gasteiger partial charge >= 0.3 is 0 Å². The number of nitrogens with one attached hydrogen (secondary N) is 1. The zero-order valence-corrected chi connectivity index (χ0v) is 10.8. The van der Waals surface area contributed by atoms with Crippen molar-refractivity contribution in [1.82, 2.24) is 5.32 Å². The zero-order chi connectivity index (χ0) is 12.0. The van der Waals surface area contributed by atoms with Crippen LogP contribution < -0.4 is 5.32 Å². The third-order valence-corrected chi connectivity index (χ3v) is 3.57. The maximum atomic E-state index is 8.80. The Kier molecular flexibility index (Phi) is 5.37. The second-order valence-electron chi connectivity index (χ2n) is 4.01. The molecular formula is C13H18N2S. The minimum absolute atomic E-state index is 0.0743. The molecule has 0 heterocycles. The summed E-state index contributed by atoms with van der Waals surface area (Å²) in [5, 5.41) is 11.8. The van der Waals surface area contributed by atoms with Crippen molar-refractivity contribution in [1.29, 1.82) is 5.26 Å². The molecule has 0 aliphatic rings. The molecule has 1 unspecified atom stereocenters. The van der Waals surface area contributed by atoms with Crippen molar-refractivity contribution in [3.05, 3.63) is 29.8 Å². The molecule has 0 aliphatic carbocycles. The maximum absolute atomic E-state index is 8.80. The summed E-state index contributed by atoms with van der Waals surface area (Å²) in [5.74, 6) is 1.36. The van der Waals surface area contributed by atoms with Gasteiger partial charge in [0.05, 0.1) is 6.07 Å². The van der Waals surface area contributed by atoms with Gasteiger partial charge in [0.1, 0.15) is 6.04 Å². The Morgan fingerprint density at radius 3 is 2.38 bits per heavy atom. The zero-order valence-electron chi connectivity index (χ0n) is 10.0. The lowest BCUT2D eigenvalue weighted by molar-refractivity contribution is 0.750. The minimum Gasteiger partial charge on any atom is -0.304 e. The van der Waals surface area contributed by atoms with Gasteiger partial charge in [-0.25, -0.2) is 0 Å².